The van der Waals surface area contributed by atoms with Gasteiger partial charge in [-0.05, 0) is 48.4 Å². The van der Waals surface area contributed by atoms with E-state index in [2.05, 4.69) is 25.2 Å². The van der Waals surface area contributed by atoms with E-state index < -0.39 is 0 Å². The van der Waals surface area contributed by atoms with Gasteiger partial charge in [-0.25, -0.2) is 4.98 Å². The van der Waals surface area contributed by atoms with Gasteiger partial charge in [0.1, 0.15) is 5.82 Å². The zero-order chi connectivity index (χ0) is 17.6. The number of aromatic nitrogens is 3. The summed E-state index contributed by atoms with van der Waals surface area (Å²) in [4.78, 5) is 14.9. The van der Waals surface area contributed by atoms with Crippen LogP contribution < -0.4 is 10.2 Å². The molecule has 3 aromatic rings. The number of likely N-dealkylation sites (N-methyl/N-ethyl adjacent to an activating group) is 1. The molecule has 0 spiro atoms. The van der Waals surface area contributed by atoms with Crippen LogP contribution in [-0.4, -0.2) is 28.5 Å². The van der Waals surface area contributed by atoms with E-state index in [1.54, 1.807) is 30.7 Å². The molecule has 0 aliphatic heterocycles. The van der Waals surface area contributed by atoms with E-state index >= 15 is 0 Å². The Morgan fingerprint density at radius 2 is 1.80 bits per heavy atom. The molecule has 2 heterocycles. The Kier molecular flexibility index (Phi) is 5.68. The van der Waals surface area contributed by atoms with Crippen molar-refractivity contribution in [2.45, 2.75) is 6.42 Å². The predicted octanol–water partition coefficient (Wildman–Crippen LogP) is 4.60. The molecule has 0 aliphatic carbocycles. The van der Waals surface area contributed by atoms with E-state index in [9.17, 15) is 0 Å². The summed E-state index contributed by atoms with van der Waals surface area (Å²) >= 11 is 12.0. The molecule has 2 aromatic heterocycles. The molecule has 128 valence electrons. The maximum Gasteiger partial charge on any atom is 0.229 e. The molecule has 0 saturated heterocycles. The molecule has 0 saturated carbocycles. The van der Waals surface area contributed by atoms with E-state index in [0.29, 0.717) is 16.0 Å². The molecule has 0 amide bonds. The van der Waals surface area contributed by atoms with Gasteiger partial charge in [0, 0.05) is 37.9 Å². The van der Waals surface area contributed by atoms with Gasteiger partial charge in [-0.3, -0.25) is 4.98 Å². The second-order valence-corrected chi connectivity index (χ2v) is 6.33. The summed E-state index contributed by atoms with van der Waals surface area (Å²) in [5, 5.41) is 4.14. The van der Waals surface area contributed by atoms with Gasteiger partial charge in [-0.2, -0.15) is 4.98 Å². The lowest BCUT2D eigenvalue weighted by Gasteiger charge is -2.18. The van der Waals surface area contributed by atoms with Crippen molar-refractivity contribution in [2.75, 3.05) is 23.8 Å². The Morgan fingerprint density at radius 1 is 1.00 bits per heavy atom. The lowest BCUT2D eigenvalue weighted by molar-refractivity contribution is 0.855. The zero-order valence-corrected chi connectivity index (χ0v) is 15.2. The van der Waals surface area contributed by atoms with E-state index in [1.807, 2.05) is 31.3 Å². The summed E-state index contributed by atoms with van der Waals surface area (Å²) in [6.07, 6.45) is 6.25. The van der Waals surface area contributed by atoms with Crippen LogP contribution in [0, 0.1) is 0 Å². The predicted molar refractivity (Wildman–Crippen MR) is 103 cm³/mol. The third-order valence-electron chi connectivity index (χ3n) is 3.69. The largest absolute Gasteiger partial charge is 0.359 e. The van der Waals surface area contributed by atoms with Gasteiger partial charge in [0.05, 0.1) is 10.0 Å². The van der Waals surface area contributed by atoms with Crippen LogP contribution in [0.2, 0.25) is 10.0 Å². The Bertz CT molecular complexity index is 842. The van der Waals surface area contributed by atoms with Crippen LogP contribution in [0.4, 0.5) is 17.5 Å². The summed E-state index contributed by atoms with van der Waals surface area (Å²) in [6, 6.07) is 11.2. The van der Waals surface area contributed by atoms with Crippen molar-refractivity contribution in [1.29, 1.82) is 0 Å². The van der Waals surface area contributed by atoms with Crippen molar-refractivity contribution in [3.63, 3.8) is 0 Å². The molecule has 0 atom stereocenters. The van der Waals surface area contributed by atoms with Crippen molar-refractivity contribution in [1.82, 2.24) is 15.0 Å². The number of hydrogen-bond donors (Lipinski definition) is 1. The highest BCUT2D eigenvalue weighted by Gasteiger charge is 2.06. The smallest absolute Gasteiger partial charge is 0.229 e. The SMILES string of the molecule is CN(CCc1ccncc1)c1ccnc(Nc2ccc(Cl)c(Cl)c2)n1. The number of hydrogen-bond acceptors (Lipinski definition) is 5. The van der Waals surface area contributed by atoms with Crippen LogP contribution in [0.25, 0.3) is 0 Å². The lowest BCUT2D eigenvalue weighted by Crippen LogP contribution is -2.21. The van der Waals surface area contributed by atoms with E-state index in [-0.39, 0.29) is 0 Å². The van der Waals surface area contributed by atoms with Gasteiger partial charge in [0.15, 0.2) is 0 Å². The van der Waals surface area contributed by atoms with Gasteiger partial charge < -0.3 is 10.2 Å². The van der Waals surface area contributed by atoms with Gasteiger partial charge in [0.2, 0.25) is 5.95 Å². The van der Waals surface area contributed by atoms with Crippen molar-refractivity contribution in [2.24, 2.45) is 0 Å². The number of rotatable bonds is 6. The number of benzene rings is 1. The van der Waals surface area contributed by atoms with Crippen LogP contribution in [0.3, 0.4) is 0 Å². The first-order valence-corrected chi connectivity index (χ1v) is 8.52. The molecule has 0 bridgehead atoms. The molecule has 25 heavy (non-hydrogen) atoms. The summed E-state index contributed by atoms with van der Waals surface area (Å²) in [6.45, 7) is 0.841. The van der Waals surface area contributed by atoms with Gasteiger partial charge in [-0.1, -0.05) is 23.2 Å². The molecule has 0 fully saturated rings. The first kappa shape index (κ1) is 17.5. The van der Waals surface area contributed by atoms with Crippen LogP contribution in [0.1, 0.15) is 5.56 Å². The number of pyridine rings is 1. The molecule has 7 heteroatoms. The van der Waals surface area contributed by atoms with Gasteiger partial charge in [0.25, 0.3) is 0 Å². The fourth-order valence-corrected chi connectivity index (χ4v) is 2.58. The zero-order valence-electron chi connectivity index (χ0n) is 13.7. The number of nitrogens with one attached hydrogen (secondary N) is 1. The minimum atomic E-state index is 0.484. The molecule has 1 N–H and O–H groups in total. The average Bonchev–Trinajstić information content (AvgIpc) is 2.64. The minimum absolute atomic E-state index is 0.484. The maximum absolute atomic E-state index is 6.04. The fourth-order valence-electron chi connectivity index (χ4n) is 2.29. The highest BCUT2D eigenvalue weighted by Crippen LogP contribution is 2.26. The Hall–Kier alpha value is -2.37. The van der Waals surface area contributed by atoms with Crippen molar-refractivity contribution >= 4 is 40.7 Å². The summed E-state index contributed by atoms with van der Waals surface area (Å²) in [5.41, 5.74) is 2.02. The lowest BCUT2D eigenvalue weighted by atomic mass is 10.2. The van der Waals surface area contributed by atoms with E-state index in [1.165, 1.54) is 5.56 Å². The number of halogens is 2. The van der Waals surface area contributed by atoms with Gasteiger partial charge >= 0.3 is 0 Å². The van der Waals surface area contributed by atoms with Crippen LogP contribution in [-0.2, 0) is 6.42 Å². The van der Waals surface area contributed by atoms with E-state index in [4.69, 9.17) is 23.2 Å². The van der Waals surface area contributed by atoms with Crippen molar-refractivity contribution < 1.29 is 0 Å². The topological polar surface area (TPSA) is 53.9 Å². The summed E-state index contributed by atoms with van der Waals surface area (Å²) in [7, 11) is 2.01. The fraction of sp³-hybridized carbons (Fsp3) is 0.167. The van der Waals surface area contributed by atoms with Crippen LogP contribution in [0.15, 0.2) is 55.0 Å². The molecular formula is C18H17Cl2N5. The highest BCUT2D eigenvalue weighted by atomic mass is 35.5. The Labute approximate surface area is 156 Å². The second kappa shape index (κ2) is 8.14. The average molecular weight is 374 g/mol. The second-order valence-electron chi connectivity index (χ2n) is 5.52. The highest BCUT2D eigenvalue weighted by molar-refractivity contribution is 6.42. The van der Waals surface area contributed by atoms with Crippen LogP contribution >= 0.6 is 23.2 Å². The monoisotopic (exact) mass is 373 g/mol. The van der Waals surface area contributed by atoms with Crippen LogP contribution in [0.5, 0.6) is 0 Å². The molecule has 1 aromatic carbocycles. The number of anilines is 3. The first-order chi connectivity index (χ1) is 12.1. The Balaban J connectivity index is 1.66. The molecule has 3 rings (SSSR count). The third-order valence-corrected chi connectivity index (χ3v) is 4.43. The molecular weight excluding hydrogens is 357 g/mol. The quantitative estimate of drug-likeness (QED) is 0.683. The molecule has 0 unspecified atom stereocenters. The molecule has 0 aliphatic rings. The minimum Gasteiger partial charge on any atom is -0.359 e. The maximum atomic E-state index is 6.04. The van der Waals surface area contributed by atoms with Gasteiger partial charge in [-0.15, -0.1) is 0 Å². The normalized spacial score (nSPS) is 10.5. The molecule has 5 nitrogen and oxygen atoms in total. The first-order valence-electron chi connectivity index (χ1n) is 7.77. The van der Waals surface area contributed by atoms with Crippen molar-refractivity contribution in [3.8, 4) is 0 Å². The van der Waals surface area contributed by atoms with Crippen molar-refractivity contribution in [3.05, 3.63) is 70.6 Å². The standard InChI is InChI=1S/C18H17Cl2N5/c1-25(11-7-13-4-8-21-9-5-13)17-6-10-22-18(24-17)23-14-2-3-15(19)16(20)12-14/h2-6,8-10,12H,7,11H2,1H3,(H,22,23,24). The number of nitrogens with zero attached hydrogens (tertiary/aromatic N) is 4. The molecule has 0 radical (unpaired) electrons. The summed E-state index contributed by atoms with van der Waals surface area (Å²) < 4.78 is 0. The Morgan fingerprint density at radius 3 is 2.56 bits per heavy atom. The van der Waals surface area contributed by atoms with E-state index in [0.717, 1.165) is 24.5 Å². The summed E-state index contributed by atoms with van der Waals surface area (Å²) in [5.74, 6) is 1.35. The third kappa shape index (κ3) is 4.81.